The van der Waals surface area contributed by atoms with Gasteiger partial charge in [0.25, 0.3) is 0 Å². The Morgan fingerprint density at radius 2 is 2.08 bits per heavy atom. The van der Waals surface area contributed by atoms with E-state index in [1.165, 1.54) is 18.4 Å². The Hall–Kier alpha value is -1.04. The summed E-state index contributed by atoms with van der Waals surface area (Å²) in [6, 6.07) is 10.5. The number of rotatable bonds is 3. The molecule has 2 unspecified atom stereocenters. The molecule has 1 aliphatic rings. The molecule has 0 radical (unpaired) electrons. The Kier molecular flexibility index (Phi) is 2.49. The second-order valence-corrected chi connectivity index (χ2v) is 3.84. The van der Waals surface area contributed by atoms with Crippen molar-refractivity contribution < 1.29 is 0 Å². The molecule has 1 fully saturated rings. The number of allylic oxidation sites excluding steroid dienone is 1. The van der Waals surface area contributed by atoms with Crippen LogP contribution in [0.5, 0.6) is 0 Å². The van der Waals surface area contributed by atoms with E-state index in [0.29, 0.717) is 0 Å². The molecular formula is C13H16. The van der Waals surface area contributed by atoms with Gasteiger partial charge in [-0.1, -0.05) is 55.8 Å². The fraction of sp³-hybridized carbons (Fsp3) is 0.385. The zero-order chi connectivity index (χ0) is 9.10. The van der Waals surface area contributed by atoms with Gasteiger partial charge in [0.2, 0.25) is 0 Å². The first-order valence-corrected chi connectivity index (χ1v) is 5.13. The van der Waals surface area contributed by atoms with Crippen LogP contribution in [0.3, 0.4) is 0 Å². The lowest BCUT2D eigenvalue weighted by atomic mass is 10.2. The zero-order valence-corrected chi connectivity index (χ0v) is 8.11. The van der Waals surface area contributed by atoms with Crippen LogP contribution >= 0.6 is 0 Å². The third-order valence-electron chi connectivity index (χ3n) is 2.84. The summed E-state index contributed by atoms with van der Waals surface area (Å²) in [7, 11) is 0. The summed E-state index contributed by atoms with van der Waals surface area (Å²) in [6.45, 7) is 2.28. The molecule has 0 heterocycles. The van der Waals surface area contributed by atoms with Crippen LogP contribution in [0.1, 0.15) is 25.3 Å². The van der Waals surface area contributed by atoms with Crippen LogP contribution in [-0.2, 0) is 0 Å². The second-order valence-electron chi connectivity index (χ2n) is 3.84. The highest BCUT2D eigenvalue weighted by Gasteiger charge is 2.32. The van der Waals surface area contributed by atoms with Crippen molar-refractivity contribution in [1.82, 2.24) is 0 Å². The van der Waals surface area contributed by atoms with Crippen molar-refractivity contribution in [2.24, 2.45) is 11.8 Å². The fourth-order valence-electron chi connectivity index (χ4n) is 1.77. The van der Waals surface area contributed by atoms with Gasteiger partial charge in [0.1, 0.15) is 0 Å². The van der Waals surface area contributed by atoms with Gasteiger partial charge in [0.15, 0.2) is 0 Å². The van der Waals surface area contributed by atoms with Crippen LogP contribution in [-0.4, -0.2) is 0 Å². The van der Waals surface area contributed by atoms with E-state index < -0.39 is 0 Å². The summed E-state index contributed by atoms with van der Waals surface area (Å²) in [6.07, 6.45) is 7.35. The summed E-state index contributed by atoms with van der Waals surface area (Å²) < 4.78 is 0. The third kappa shape index (κ3) is 2.21. The topological polar surface area (TPSA) is 0 Å². The summed E-state index contributed by atoms with van der Waals surface area (Å²) >= 11 is 0. The summed E-state index contributed by atoms with van der Waals surface area (Å²) in [4.78, 5) is 0. The summed E-state index contributed by atoms with van der Waals surface area (Å²) in [5.41, 5.74) is 1.32. The van der Waals surface area contributed by atoms with E-state index in [0.717, 1.165) is 11.8 Å². The summed E-state index contributed by atoms with van der Waals surface area (Å²) in [5.74, 6) is 1.84. The molecule has 0 nitrogen and oxygen atoms in total. The normalized spacial score (nSPS) is 26.5. The Bertz CT molecular complexity index is 284. The lowest BCUT2D eigenvalue weighted by Crippen LogP contribution is -1.74. The minimum absolute atomic E-state index is 0.866. The second kappa shape index (κ2) is 3.78. The van der Waals surface area contributed by atoms with Crippen LogP contribution in [0.4, 0.5) is 0 Å². The standard InChI is InChI=1S/C13H16/c1-2-12-10-13(12)9-8-11-6-4-3-5-7-11/h3-9,12-13H,2,10H2,1H3/b9-8+. The van der Waals surface area contributed by atoms with Crippen molar-refractivity contribution in [2.75, 3.05) is 0 Å². The quantitative estimate of drug-likeness (QED) is 0.651. The monoisotopic (exact) mass is 172 g/mol. The Morgan fingerprint density at radius 1 is 1.31 bits per heavy atom. The first-order valence-electron chi connectivity index (χ1n) is 5.13. The molecule has 1 aromatic carbocycles. The predicted molar refractivity (Wildman–Crippen MR) is 57.4 cm³/mol. The van der Waals surface area contributed by atoms with E-state index in [1.807, 2.05) is 0 Å². The molecule has 2 rings (SSSR count). The molecule has 13 heavy (non-hydrogen) atoms. The van der Waals surface area contributed by atoms with Gasteiger partial charge < -0.3 is 0 Å². The first-order chi connectivity index (χ1) is 6.40. The number of hydrogen-bond donors (Lipinski definition) is 0. The lowest BCUT2D eigenvalue weighted by Gasteiger charge is -1.90. The van der Waals surface area contributed by atoms with E-state index >= 15 is 0 Å². The van der Waals surface area contributed by atoms with Gasteiger partial charge in [0, 0.05) is 0 Å². The highest BCUT2D eigenvalue weighted by molar-refractivity contribution is 5.49. The van der Waals surface area contributed by atoms with Crippen LogP contribution in [0.15, 0.2) is 36.4 Å². The molecule has 0 aromatic heterocycles. The van der Waals surface area contributed by atoms with Gasteiger partial charge >= 0.3 is 0 Å². The fourth-order valence-corrected chi connectivity index (χ4v) is 1.77. The van der Waals surface area contributed by atoms with Crippen LogP contribution in [0.25, 0.3) is 6.08 Å². The van der Waals surface area contributed by atoms with E-state index in [9.17, 15) is 0 Å². The minimum Gasteiger partial charge on any atom is -0.0805 e. The molecule has 1 saturated carbocycles. The molecule has 68 valence electrons. The van der Waals surface area contributed by atoms with E-state index in [-0.39, 0.29) is 0 Å². The molecule has 2 atom stereocenters. The average molecular weight is 172 g/mol. The molecule has 1 aliphatic carbocycles. The molecule has 0 aliphatic heterocycles. The van der Waals surface area contributed by atoms with E-state index in [4.69, 9.17) is 0 Å². The van der Waals surface area contributed by atoms with Gasteiger partial charge in [0.05, 0.1) is 0 Å². The Balaban J connectivity index is 1.92. The molecule has 0 N–H and O–H groups in total. The molecule has 0 saturated heterocycles. The predicted octanol–water partition coefficient (Wildman–Crippen LogP) is 3.75. The minimum atomic E-state index is 0.866. The van der Waals surface area contributed by atoms with Crippen LogP contribution in [0, 0.1) is 11.8 Å². The molecule has 0 amide bonds. The molecule has 0 heteroatoms. The van der Waals surface area contributed by atoms with Crippen LogP contribution < -0.4 is 0 Å². The Labute approximate surface area is 80.3 Å². The number of hydrogen-bond acceptors (Lipinski definition) is 0. The van der Waals surface area contributed by atoms with Gasteiger partial charge in [-0.05, 0) is 23.8 Å². The van der Waals surface area contributed by atoms with Crippen molar-refractivity contribution in [3.05, 3.63) is 42.0 Å². The molecule has 0 spiro atoms. The lowest BCUT2D eigenvalue weighted by molar-refractivity contribution is 0.756. The maximum Gasteiger partial charge on any atom is -0.0199 e. The van der Waals surface area contributed by atoms with Gasteiger partial charge in [-0.25, -0.2) is 0 Å². The zero-order valence-electron chi connectivity index (χ0n) is 8.11. The average Bonchev–Trinajstić information content (AvgIpc) is 2.95. The maximum atomic E-state index is 2.36. The van der Waals surface area contributed by atoms with E-state index in [2.05, 4.69) is 49.4 Å². The van der Waals surface area contributed by atoms with Crippen molar-refractivity contribution in [1.29, 1.82) is 0 Å². The SMILES string of the molecule is CCC1CC1/C=C/c1ccccc1. The first kappa shape index (κ1) is 8.55. The summed E-state index contributed by atoms with van der Waals surface area (Å²) in [5, 5.41) is 0. The number of benzene rings is 1. The largest absolute Gasteiger partial charge is 0.0805 e. The smallest absolute Gasteiger partial charge is 0.0199 e. The highest BCUT2D eigenvalue weighted by atomic mass is 14.4. The molecule has 1 aromatic rings. The van der Waals surface area contributed by atoms with Gasteiger partial charge in [-0.15, -0.1) is 0 Å². The Morgan fingerprint density at radius 3 is 2.69 bits per heavy atom. The maximum absolute atomic E-state index is 2.36. The van der Waals surface area contributed by atoms with Crippen molar-refractivity contribution in [3.8, 4) is 0 Å². The van der Waals surface area contributed by atoms with E-state index in [1.54, 1.807) is 0 Å². The van der Waals surface area contributed by atoms with Crippen molar-refractivity contribution >= 4 is 6.08 Å². The van der Waals surface area contributed by atoms with Gasteiger partial charge in [-0.2, -0.15) is 0 Å². The van der Waals surface area contributed by atoms with Crippen molar-refractivity contribution in [3.63, 3.8) is 0 Å². The molecular weight excluding hydrogens is 156 g/mol. The van der Waals surface area contributed by atoms with Crippen LogP contribution in [0.2, 0.25) is 0 Å². The molecule has 0 bridgehead atoms. The van der Waals surface area contributed by atoms with Gasteiger partial charge in [-0.3, -0.25) is 0 Å². The third-order valence-corrected chi connectivity index (χ3v) is 2.84. The highest BCUT2D eigenvalue weighted by Crippen LogP contribution is 2.42. The van der Waals surface area contributed by atoms with Crippen molar-refractivity contribution in [2.45, 2.75) is 19.8 Å².